The SMILES string of the molecule is Cc1ccc(C)c(Cn2c(Br)nc3c2c(=O)[nH]c(=O)n3C)c1. The van der Waals surface area contributed by atoms with Gasteiger partial charge in [0, 0.05) is 7.05 Å². The third-order valence-corrected chi connectivity index (χ3v) is 4.40. The van der Waals surface area contributed by atoms with E-state index < -0.39 is 11.2 Å². The van der Waals surface area contributed by atoms with Gasteiger partial charge in [-0.05, 0) is 40.9 Å². The maximum absolute atomic E-state index is 12.2. The number of nitrogens with zero attached hydrogens (tertiary/aromatic N) is 3. The second kappa shape index (κ2) is 5.24. The molecule has 22 heavy (non-hydrogen) atoms. The third kappa shape index (κ3) is 2.31. The number of H-pyrrole nitrogens is 1. The number of fused-ring (bicyclic) bond motifs is 1. The number of hydrogen-bond acceptors (Lipinski definition) is 3. The van der Waals surface area contributed by atoms with E-state index >= 15 is 0 Å². The molecule has 0 aliphatic rings. The molecule has 3 aromatic rings. The van der Waals surface area contributed by atoms with Gasteiger partial charge in [-0.25, -0.2) is 9.78 Å². The average Bonchev–Trinajstić information content (AvgIpc) is 2.78. The summed E-state index contributed by atoms with van der Waals surface area (Å²) in [5.74, 6) is 0. The van der Waals surface area contributed by atoms with Gasteiger partial charge >= 0.3 is 5.69 Å². The van der Waals surface area contributed by atoms with Gasteiger partial charge in [0.05, 0.1) is 6.54 Å². The Hall–Kier alpha value is -2.15. The molecular weight excluding hydrogens is 348 g/mol. The second-order valence-corrected chi connectivity index (χ2v) is 6.10. The van der Waals surface area contributed by atoms with Gasteiger partial charge in [-0.2, -0.15) is 0 Å². The van der Waals surface area contributed by atoms with Crippen LogP contribution in [0, 0.1) is 13.8 Å². The van der Waals surface area contributed by atoms with Crippen molar-refractivity contribution in [2.75, 3.05) is 0 Å². The molecule has 0 aliphatic carbocycles. The first-order valence-corrected chi connectivity index (χ1v) is 7.59. The standard InChI is InChI=1S/C15H15BrN4O2/c1-8-4-5-9(2)10(6-8)7-20-11-12(17-14(20)16)19(3)15(22)18-13(11)21/h4-6H,7H2,1-3H3,(H,18,21,22). The molecule has 0 aliphatic heterocycles. The summed E-state index contributed by atoms with van der Waals surface area (Å²) in [6.45, 7) is 4.56. The highest BCUT2D eigenvalue weighted by molar-refractivity contribution is 9.10. The Bertz CT molecular complexity index is 997. The van der Waals surface area contributed by atoms with Crippen molar-refractivity contribution >= 4 is 27.1 Å². The minimum Gasteiger partial charge on any atom is -0.308 e. The van der Waals surface area contributed by atoms with E-state index in [4.69, 9.17) is 0 Å². The van der Waals surface area contributed by atoms with E-state index in [9.17, 15) is 9.59 Å². The molecule has 0 bridgehead atoms. The summed E-state index contributed by atoms with van der Waals surface area (Å²) in [6.07, 6.45) is 0. The van der Waals surface area contributed by atoms with Crippen LogP contribution in [0.25, 0.3) is 11.2 Å². The molecule has 0 fully saturated rings. The fourth-order valence-electron chi connectivity index (χ4n) is 2.49. The fraction of sp³-hybridized carbons (Fsp3) is 0.267. The largest absolute Gasteiger partial charge is 0.329 e. The first kappa shape index (κ1) is 14.8. The van der Waals surface area contributed by atoms with Crippen molar-refractivity contribution < 1.29 is 0 Å². The van der Waals surface area contributed by atoms with E-state index in [1.807, 2.05) is 13.8 Å². The zero-order chi connectivity index (χ0) is 16.0. The Balaban J connectivity index is 2.26. The Labute approximate surface area is 134 Å². The molecule has 0 spiro atoms. The van der Waals surface area contributed by atoms with Crippen molar-refractivity contribution in [1.82, 2.24) is 19.1 Å². The molecule has 0 saturated carbocycles. The van der Waals surface area contributed by atoms with Crippen molar-refractivity contribution in [1.29, 1.82) is 0 Å². The number of aromatic nitrogens is 4. The number of imidazole rings is 1. The molecule has 0 unspecified atom stereocenters. The lowest BCUT2D eigenvalue weighted by atomic mass is 10.1. The number of hydrogen-bond donors (Lipinski definition) is 1. The van der Waals surface area contributed by atoms with Gasteiger partial charge in [-0.3, -0.25) is 14.3 Å². The van der Waals surface area contributed by atoms with Gasteiger partial charge < -0.3 is 4.57 Å². The number of aromatic amines is 1. The topological polar surface area (TPSA) is 72.7 Å². The lowest BCUT2D eigenvalue weighted by molar-refractivity contribution is 0.786. The molecule has 7 heteroatoms. The molecule has 0 radical (unpaired) electrons. The van der Waals surface area contributed by atoms with E-state index in [2.05, 4.69) is 44.1 Å². The molecule has 2 aromatic heterocycles. The summed E-state index contributed by atoms with van der Waals surface area (Å²) in [4.78, 5) is 30.5. The highest BCUT2D eigenvalue weighted by Gasteiger charge is 2.16. The lowest BCUT2D eigenvalue weighted by Crippen LogP contribution is -2.29. The Morgan fingerprint density at radius 3 is 2.73 bits per heavy atom. The minimum absolute atomic E-state index is 0.367. The normalized spacial score (nSPS) is 11.3. The van der Waals surface area contributed by atoms with Crippen molar-refractivity contribution in [2.45, 2.75) is 20.4 Å². The summed E-state index contributed by atoms with van der Waals surface area (Å²) >= 11 is 3.39. The fourth-order valence-corrected chi connectivity index (χ4v) is 2.96. The van der Waals surface area contributed by atoms with Crippen molar-refractivity contribution in [3.63, 3.8) is 0 Å². The summed E-state index contributed by atoms with van der Waals surface area (Å²) in [7, 11) is 1.59. The van der Waals surface area contributed by atoms with Gasteiger partial charge in [0.1, 0.15) is 0 Å². The number of halogens is 1. The number of aryl methyl sites for hydroxylation is 3. The van der Waals surface area contributed by atoms with Gasteiger partial charge in [-0.1, -0.05) is 23.8 Å². The number of nitrogens with one attached hydrogen (secondary N) is 1. The molecule has 2 heterocycles. The Kier molecular flexibility index (Phi) is 3.52. The van der Waals surface area contributed by atoms with Crippen LogP contribution in [-0.4, -0.2) is 19.1 Å². The van der Waals surface area contributed by atoms with Crippen LogP contribution < -0.4 is 11.2 Å². The van der Waals surface area contributed by atoms with Crippen LogP contribution in [-0.2, 0) is 13.6 Å². The van der Waals surface area contributed by atoms with E-state index in [1.165, 1.54) is 4.57 Å². The van der Waals surface area contributed by atoms with E-state index in [0.29, 0.717) is 22.4 Å². The van der Waals surface area contributed by atoms with Crippen LogP contribution in [0.5, 0.6) is 0 Å². The highest BCUT2D eigenvalue weighted by Crippen LogP contribution is 2.20. The molecule has 1 aromatic carbocycles. The van der Waals surface area contributed by atoms with Crippen LogP contribution in [0.3, 0.4) is 0 Å². The van der Waals surface area contributed by atoms with Gasteiger partial charge in [0.25, 0.3) is 5.56 Å². The molecule has 114 valence electrons. The van der Waals surface area contributed by atoms with Gasteiger partial charge in [0.15, 0.2) is 15.9 Å². The molecule has 6 nitrogen and oxygen atoms in total. The monoisotopic (exact) mass is 362 g/mol. The Morgan fingerprint density at radius 2 is 2.00 bits per heavy atom. The minimum atomic E-state index is -0.471. The molecule has 0 amide bonds. The summed E-state index contributed by atoms with van der Waals surface area (Å²) in [5.41, 5.74) is 3.25. The van der Waals surface area contributed by atoms with E-state index in [1.54, 1.807) is 11.6 Å². The number of rotatable bonds is 2. The predicted molar refractivity (Wildman–Crippen MR) is 88.3 cm³/mol. The van der Waals surface area contributed by atoms with Crippen LogP contribution in [0.15, 0.2) is 32.5 Å². The lowest BCUT2D eigenvalue weighted by Gasteiger charge is -2.10. The first-order valence-electron chi connectivity index (χ1n) is 6.79. The van der Waals surface area contributed by atoms with E-state index in [0.717, 1.165) is 16.7 Å². The first-order chi connectivity index (χ1) is 10.4. The van der Waals surface area contributed by atoms with Crippen molar-refractivity contribution in [2.24, 2.45) is 7.05 Å². The maximum Gasteiger partial charge on any atom is 0.329 e. The van der Waals surface area contributed by atoms with Crippen LogP contribution in [0.2, 0.25) is 0 Å². The van der Waals surface area contributed by atoms with Gasteiger partial charge in [0.2, 0.25) is 0 Å². The zero-order valence-corrected chi connectivity index (χ0v) is 14.1. The van der Waals surface area contributed by atoms with Crippen LogP contribution >= 0.6 is 15.9 Å². The molecule has 0 atom stereocenters. The summed E-state index contributed by atoms with van der Waals surface area (Å²) in [6, 6.07) is 6.19. The maximum atomic E-state index is 12.2. The van der Waals surface area contributed by atoms with Crippen LogP contribution in [0.1, 0.15) is 16.7 Å². The average molecular weight is 363 g/mol. The summed E-state index contributed by atoms with van der Waals surface area (Å²) in [5, 5.41) is 0. The highest BCUT2D eigenvalue weighted by atomic mass is 79.9. The zero-order valence-electron chi connectivity index (χ0n) is 12.5. The third-order valence-electron chi connectivity index (χ3n) is 3.79. The predicted octanol–water partition coefficient (Wildman–Crippen LogP) is 1.85. The van der Waals surface area contributed by atoms with Gasteiger partial charge in [-0.15, -0.1) is 0 Å². The van der Waals surface area contributed by atoms with Crippen LogP contribution in [0.4, 0.5) is 0 Å². The smallest absolute Gasteiger partial charge is 0.308 e. The van der Waals surface area contributed by atoms with Crippen molar-refractivity contribution in [3.8, 4) is 0 Å². The molecule has 0 saturated heterocycles. The molecule has 1 N–H and O–H groups in total. The Morgan fingerprint density at radius 1 is 1.27 bits per heavy atom. The van der Waals surface area contributed by atoms with Crippen molar-refractivity contribution in [3.05, 3.63) is 60.5 Å². The molecule has 3 rings (SSSR count). The van der Waals surface area contributed by atoms with E-state index in [-0.39, 0.29) is 0 Å². The summed E-state index contributed by atoms with van der Waals surface area (Å²) < 4.78 is 3.63. The molecular formula is C15H15BrN4O2. The number of benzene rings is 1. The quantitative estimate of drug-likeness (QED) is 0.707. The second-order valence-electron chi connectivity index (χ2n) is 5.39.